The van der Waals surface area contributed by atoms with Gasteiger partial charge in [0.2, 0.25) is 0 Å². The number of hydrazone groups is 1. The van der Waals surface area contributed by atoms with Crippen molar-refractivity contribution in [2.75, 3.05) is 19.1 Å². The van der Waals surface area contributed by atoms with Crippen molar-refractivity contribution in [2.24, 2.45) is 5.10 Å². The number of nitrogens with one attached hydrogen (secondary N) is 1. The van der Waals surface area contributed by atoms with Crippen molar-refractivity contribution in [3.05, 3.63) is 59.7 Å². The summed E-state index contributed by atoms with van der Waals surface area (Å²) in [5, 5.41) is 4.10. The zero-order chi connectivity index (χ0) is 19.7. The van der Waals surface area contributed by atoms with E-state index in [4.69, 9.17) is 9.47 Å². The van der Waals surface area contributed by atoms with Gasteiger partial charge in [-0.1, -0.05) is 12.1 Å². The van der Waals surface area contributed by atoms with E-state index < -0.39 is 12.1 Å². The molecule has 2 aromatic carbocycles. The second-order valence-electron chi connectivity index (χ2n) is 6.40. The lowest BCUT2D eigenvalue weighted by Crippen LogP contribution is -2.36. The van der Waals surface area contributed by atoms with Gasteiger partial charge in [0.25, 0.3) is 11.8 Å². The minimum absolute atomic E-state index is 0.000355. The van der Waals surface area contributed by atoms with Gasteiger partial charge in [-0.05, 0) is 36.4 Å². The van der Waals surface area contributed by atoms with E-state index in [1.165, 1.54) is 0 Å². The highest BCUT2D eigenvalue weighted by Gasteiger charge is 2.40. The van der Waals surface area contributed by atoms with Gasteiger partial charge in [0.1, 0.15) is 17.6 Å². The number of benzene rings is 2. The lowest BCUT2D eigenvalue weighted by atomic mass is 10.1. The quantitative estimate of drug-likeness (QED) is 0.485. The van der Waals surface area contributed by atoms with Crippen molar-refractivity contribution < 1.29 is 23.9 Å². The Balaban J connectivity index is 1.41. The summed E-state index contributed by atoms with van der Waals surface area (Å²) in [5.41, 5.74) is 4.42. The number of fused-ring (bicyclic) bond motifs is 1. The monoisotopic (exact) mass is 379 g/mol. The lowest BCUT2D eigenvalue weighted by molar-refractivity contribution is -0.137. The highest BCUT2D eigenvalue weighted by molar-refractivity contribution is 6.38. The zero-order valence-electron chi connectivity index (χ0n) is 15.0. The van der Waals surface area contributed by atoms with Gasteiger partial charge in [0, 0.05) is 6.42 Å². The third-order valence-corrected chi connectivity index (χ3v) is 4.60. The summed E-state index contributed by atoms with van der Waals surface area (Å²) < 4.78 is 10.4. The van der Waals surface area contributed by atoms with Crippen molar-refractivity contribution in [3.8, 4) is 5.75 Å². The molecule has 2 aliphatic heterocycles. The summed E-state index contributed by atoms with van der Waals surface area (Å²) in [7, 11) is 1.58. The summed E-state index contributed by atoms with van der Waals surface area (Å²) in [6.45, 7) is -0.000355. The molecule has 2 amide bonds. The third-order valence-electron chi connectivity index (χ3n) is 4.60. The molecule has 0 spiro atoms. The molecule has 0 unspecified atom stereocenters. The Morgan fingerprint density at radius 1 is 1.07 bits per heavy atom. The number of rotatable bonds is 5. The largest absolute Gasteiger partial charge is 0.497 e. The molecule has 28 heavy (non-hydrogen) atoms. The van der Waals surface area contributed by atoms with Crippen molar-refractivity contribution in [2.45, 2.75) is 12.5 Å². The predicted molar refractivity (Wildman–Crippen MR) is 100 cm³/mol. The maximum Gasteiger partial charge on any atom is 0.354 e. The standard InChI is InChI=1S/C20H17N3O5/c1-27-13-8-6-12(7-9-13)21-22-17-10-14(28-20(17)26)11-23-18(24)15-4-2-3-5-16(15)19(23)25/h2-9,14,21H,10-11H2,1H3/b22-17+/t14-/m1/s1. The summed E-state index contributed by atoms with van der Waals surface area (Å²) in [6, 6.07) is 13.7. The number of esters is 1. The Morgan fingerprint density at radius 2 is 1.71 bits per heavy atom. The first-order valence-corrected chi connectivity index (χ1v) is 8.69. The van der Waals surface area contributed by atoms with Crippen LogP contribution in [0, 0.1) is 0 Å². The Hall–Kier alpha value is -3.68. The van der Waals surface area contributed by atoms with E-state index in [9.17, 15) is 14.4 Å². The van der Waals surface area contributed by atoms with E-state index in [1.807, 2.05) is 0 Å². The fourth-order valence-electron chi connectivity index (χ4n) is 3.16. The van der Waals surface area contributed by atoms with Crippen LogP contribution >= 0.6 is 0 Å². The average Bonchev–Trinajstić information content (AvgIpc) is 3.19. The number of carbonyl (C=O) groups is 3. The number of imide groups is 1. The van der Waals surface area contributed by atoms with Gasteiger partial charge in [0.15, 0.2) is 0 Å². The van der Waals surface area contributed by atoms with Gasteiger partial charge in [-0.3, -0.25) is 19.9 Å². The molecule has 2 aliphatic rings. The normalized spacial score (nSPS) is 19.8. The molecule has 0 bridgehead atoms. The Kier molecular flexibility index (Phi) is 4.52. The third kappa shape index (κ3) is 3.20. The smallest absolute Gasteiger partial charge is 0.354 e. The average molecular weight is 379 g/mol. The molecule has 1 fully saturated rings. The van der Waals surface area contributed by atoms with Crippen LogP contribution in [-0.2, 0) is 9.53 Å². The fourth-order valence-corrected chi connectivity index (χ4v) is 3.16. The summed E-state index contributed by atoms with van der Waals surface area (Å²) in [4.78, 5) is 38.0. The van der Waals surface area contributed by atoms with Crippen LogP contribution in [0.15, 0.2) is 53.6 Å². The highest BCUT2D eigenvalue weighted by Crippen LogP contribution is 2.25. The molecule has 1 atom stereocenters. The molecule has 0 saturated carbocycles. The van der Waals surface area contributed by atoms with Crippen LogP contribution in [0.2, 0.25) is 0 Å². The van der Waals surface area contributed by atoms with Gasteiger partial charge in [-0.15, -0.1) is 0 Å². The Morgan fingerprint density at radius 3 is 2.32 bits per heavy atom. The van der Waals surface area contributed by atoms with Crippen molar-refractivity contribution in [1.82, 2.24) is 4.90 Å². The number of cyclic esters (lactones) is 1. The molecule has 2 heterocycles. The number of anilines is 1. The van der Waals surface area contributed by atoms with Gasteiger partial charge >= 0.3 is 5.97 Å². The van der Waals surface area contributed by atoms with Crippen LogP contribution in [0.4, 0.5) is 5.69 Å². The number of amides is 2. The first-order valence-electron chi connectivity index (χ1n) is 8.69. The van der Waals surface area contributed by atoms with Gasteiger partial charge in [-0.25, -0.2) is 4.79 Å². The highest BCUT2D eigenvalue weighted by atomic mass is 16.6. The molecular formula is C20H17N3O5. The van der Waals surface area contributed by atoms with Crippen molar-refractivity contribution >= 4 is 29.2 Å². The lowest BCUT2D eigenvalue weighted by Gasteiger charge is -2.17. The Bertz CT molecular complexity index is 949. The second kappa shape index (κ2) is 7.15. The Labute approximate surface area is 160 Å². The molecule has 0 aromatic heterocycles. The van der Waals surface area contributed by atoms with Crippen LogP contribution in [0.5, 0.6) is 5.75 Å². The van der Waals surface area contributed by atoms with Gasteiger partial charge in [0.05, 0.1) is 30.5 Å². The molecule has 8 heteroatoms. The number of carbonyl (C=O) groups excluding carboxylic acids is 3. The minimum Gasteiger partial charge on any atom is -0.497 e. The number of hydrogen-bond acceptors (Lipinski definition) is 7. The van der Waals surface area contributed by atoms with Gasteiger partial charge in [-0.2, -0.15) is 5.10 Å². The topological polar surface area (TPSA) is 97.3 Å². The van der Waals surface area contributed by atoms with Crippen molar-refractivity contribution in [3.63, 3.8) is 0 Å². The fraction of sp³-hybridized carbons (Fsp3) is 0.200. The molecule has 0 radical (unpaired) electrons. The second-order valence-corrected chi connectivity index (χ2v) is 6.40. The van der Waals surface area contributed by atoms with Crippen LogP contribution in [0.3, 0.4) is 0 Å². The molecule has 1 N–H and O–H groups in total. The number of ether oxygens (including phenoxy) is 2. The molecule has 8 nitrogen and oxygen atoms in total. The summed E-state index contributed by atoms with van der Waals surface area (Å²) in [5.74, 6) is -0.612. The number of nitrogens with zero attached hydrogens (tertiary/aromatic N) is 2. The number of hydrogen-bond donors (Lipinski definition) is 1. The molecule has 142 valence electrons. The van der Waals surface area contributed by atoms with Crippen LogP contribution in [0.1, 0.15) is 27.1 Å². The SMILES string of the molecule is COc1ccc(N/N=C2\C[C@H](CN3C(=O)c4ccccc4C3=O)OC2=O)cc1. The van der Waals surface area contributed by atoms with Crippen molar-refractivity contribution in [1.29, 1.82) is 0 Å². The molecular weight excluding hydrogens is 362 g/mol. The van der Waals surface area contributed by atoms with E-state index in [0.29, 0.717) is 22.6 Å². The first kappa shape index (κ1) is 17.7. The molecule has 1 saturated heterocycles. The van der Waals surface area contributed by atoms with Gasteiger partial charge < -0.3 is 9.47 Å². The maximum atomic E-state index is 12.4. The van der Waals surface area contributed by atoms with E-state index in [0.717, 1.165) is 4.90 Å². The molecule has 4 rings (SSSR count). The van der Waals surface area contributed by atoms with E-state index in [2.05, 4.69) is 10.5 Å². The van der Waals surface area contributed by atoms with Crippen LogP contribution < -0.4 is 10.2 Å². The van der Waals surface area contributed by atoms with Crippen LogP contribution in [-0.4, -0.2) is 48.2 Å². The molecule has 0 aliphatic carbocycles. The van der Waals surface area contributed by atoms with Crippen LogP contribution in [0.25, 0.3) is 0 Å². The zero-order valence-corrected chi connectivity index (χ0v) is 15.0. The van der Waals surface area contributed by atoms with E-state index >= 15 is 0 Å². The maximum absolute atomic E-state index is 12.4. The molecule has 2 aromatic rings. The summed E-state index contributed by atoms with van der Waals surface area (Å²) in [6.07, 6.45) is -0.416. The van der Waals surface area contributed by atoms with E-state index in [1.54, 1.807) is 55.6 Å². The predicted octanol–water partition coefficient (Wildman–Crippen LogP) is 2.07. The first-order chi connectivity index (χ1) is 13.6. The number of methoxy groups -OCH3 is 1. The minimum atomic E-state index is -0.619. The van der Waals surface area contributed by atoms with E-state index in [-0.39, 0.29) is 30.5 Å². The summed E-state index contributed by atoms with van der Waals surface area (Å²) >= 11 is 0.